The van der Waals surface area contributed by atoms with Crippen molar-refractivity contribution in [3.05, 3.63) is 0 Å². The summed E-state index contributed by atoms with van der Waals surface area (Å²) in [6, 6.07) is 0. The molecule has 0 aromatic rings. The van der Waals surface area contributed by atoms with E-state index in [2.05, 4.69) is 13.8 Å². The number of hydrogen-bond donors (Lipinski definition) is 1. The van der Waals surface area contributed by atoms with Crippen LogP contribution in [-0.4, -0.2) is 74.9 Å². The maximum atomic E-state index is 12.9. The van der Waals surface area contributed by atoms with Gasteiger partial charge in [0.05, 0.1) is 27.7 Å². The number of rotatable bonds is 82. The number of phosphoric ester groups is 1. The van der Waals surface area contributed by atoms with Crippen molar-refractivity contribution in [2.24, 2.45) is 0 Å². The molecule has 0 fully saturated rings. The quantitative estimate of drug-likeness (QED) is 0.0278. The fraction of sp³-hybridized carbons (Fsp3) is 0.976. The first-order valence-corrected chi connectivity index (χ1v) is 44.3. The number of hydrogen-bond acceptors (Lipinski definition) is 7. The van der Waals surface area contributed by atoms with E-state index in [1.54, 1.807) is 0 Å². The third-order valence-corrected chi connectivity index (χ3v) is 21.1. The first-order valence-electron chi connectivity index (χ1n) is 42.8. The Bertz CT molecular complexity index is 1540. The number of carbonyl (C=O) groups excluding carboxylic acids is 2. The van der Waals surface area contributed by atoms with Gasteiger partial charge < -0.3 is 18.9 Å². The van der Waals surface area contributed by atoms with Crippen molar-refractivity contribution in [1.29, 1.82) is 0 Å². The van der Waals surface area contributed by atoms with Gasteiger partial charge >= 0.3 is 19.8 Å². The minimum Gasteiger partial charge on any atom is -0.462 e. The molecule has 0 aliphatic rings. The molecule has 0 radical (unpaired) electrons. The zero-order valence-electron chi connectivity index (χ0n) is 64.5. The molecular weight excluding hydrogens is 1180 g/mol. The van der Waals surface area contributed by atoms with Crippen LogP contribution in [0.1, 0.15) is 476 Å². The number of carbonyl (C=O) groups is 2. The molecule has 0 amide bonds. The third kappa shape index (κ3) is 80.0. The Kier molecular flexibility index (Phi) is 75.4. The lowest BCUT2D eigenvalue weighted by atomic mass is 10.0. The number of unbranched alkanes of at least 4 members (excludes halogenated alkanes) is 68. The molecule has 0 rings (SSSR count). The molecule has 94 heavy (non-hydrogen) atoms. The second-order valence-corrected chi connectivity index (χ2v) is 32.4. The zero-order chi connectivity index (χ0) is 68.3. The van der Waals surface area contributed by atoms with Gasteiger partial charge in [-0.25, -0.2) is 4.57 Å². The first-order chi connectivity index (χ1) is 46.0. The minimum atomic E-state index is -4.39. The van der Waals surface area contributed by atoms with Crippen LogP contribution in [0.5, 0.6) is 0 Å². The molecule has 0 saturated carbocycles. The summed E-state index contributed by atoms with van der Waals surface area (Å²) >= 11 is 0. The highest BCUT2D eigenvalue weighted by molar-refractivity contribution is 7.47. The second-order valence-electron chi connectivity index (χ2n) is 30.9. The Hall–Kier alpha value is -0.990. The maximum Gasteiger partial charge on any atom is 0.472 e. The van der Waals surface area contributed by atoms with Crippen molar-refractivity contribution in [1.82, 2.24) is 0 Å². The molecule has 0 saturated heterocycles. The van der Waals surface area contributed by atoms with Gasteiger partial charge in [0.25, 0.3) is 0 Å². The van der Waals surface area contributed by atoms with E-state index in [0.29, 0.717) is 17.4 Å². The van der Waals surface area contributed by atoms with E-state index in [4.69, 9.17) is 18.5 Å². The van der Waals surface area contributed by atoms with E-state index >= 15 is 0 Å². The summed E-state index contributed by atoms with van der Waals surface area (Å²) < 4.78 is 34.9. The Morgan fingerprint density at radius 2 is 0.479 bits per heavy atom. The van der Waals surface area contributed by atoms with Crippen molar-refractivity contribution in [3.63, 3.8) is 0 Å². The molecule has 2 atom stereocenters. The molecule has 10 heteroatoms. The standard InChI is InChI=1S/C84H168NO8P/c1-6-8-10-12-14-16-18-20-22-24-26-28-30-32-34-36-38-40-41-42-43-44-45-47-49-51-53-55-57-59-61-63-65-67-69-71-73-75-77-84(87)93-82(81-92-94(88,89)91-79-78-85(3,4)5)80-90-83(86)76-74-72-70-68-66-64-62-60-58-56-54-52-50-48-46-39-37-35-33-31-29-27-25-23-21-19-17-15-13-11-9-7-2/h82H,6-81H2,1-5H3/p+1. The van der Waals surface area contributed by atoms with Gasteiger partial charge in [-0.15, -0.1) is 0 Å². The molecular formula is C84H169NO8P+. The Morgan fingerprint density at radius 1 is 0.287 bits per heavy atom. The average Bonchev–Trinajstić information content (AvgIpc) is 1.56. The van der Waals surface area contributed by atoms with Gasteiger partial charge in [0, 0.05) is 12.8 Å². The Morgan fingerprint density at radius 3 is 0.681 bits per heavy atom. The molecule has 0 heterocycles. The van der Waals surface area contributed by atoms with Gasteiger partial charge in [-0.05, 0) is 12.8 Å². The molecule has 0 aliphatic carbocycles. The van der Waals surface area contributed by atoms with Gasteiger partial charge in [-0.3, -0.25) is 18.6 Å². The smallest absolute Gasteiger partial charge is 0.462 e. The summed E-state index contributed by atoms with van der Waals surface area (Å²) in [5.74, 6) is -0.763. The number of quaternary nitrogens is 1. The van der Waals surface area contributed by atoms with E-state index in [1.807, 2.05) is 21.1 Å². The second kappa shape index (κ2) is 76.2. The molecule has 562 valence electrons. The van der Waals surface area contributed by atoms with Crippen LogP contribution in [0.15, 0.2) is 0 Å². The van der Waals surface area contributed by atoms with Crippen LogP contribution in [0.25, 0.3) is 0 Å². The normalized spacial score (nSPS) is 12.9. The number of ether oxygens (including phenoxy) is 2. The van der Waals surface area contributed by atoms with Crippen LogP contribution in [0, 0.1) is 0 Å². The summed E-state index contributed by atoms with van der Waals surface area (Å²) in [6.07, 6.45) is 95.8. The predicted octanol–water partition coefficient (Wildman–Crippen LogP) is 28.4. The van der Waals surface area contributed by atoms with Gasteiger partial charge in [0.2, 0.25) is 0 Å². The molecule has 0 spiro atoms. The lowest BCUT2D eigenvalue weighted by Gasteiger charge is -2.24. The van der Waals surface area contributed by atoms with Crippen molar-refractivity contribution >= 4 is 19.8 Å². The molecule has 1 N–H and O–H groups in total. The monoisotopic (exact) mass is 1350 g/mol. The largest absolute Gasteiger partial charge is 0.472 e. The van der Waals surface area contributed by atoms with Crippen LogP contribution >= 0.6 is 7.82 Å². The summed E-state index contributed by atoms with van der Waals surface area (Å²) in [7, 11) is 1.51. The summed E-state index contributed by atoms with van der Waals surface area (Å²) in [5, 5.41) is 0. The molecule has 2 unspecified atom stereocenters. The molecule has 0 aromatic heterocycles. The van der Waals surface area contributed by atoms with Gasteiger partial charge in [-0.1, -0.05) is 450 Å². The highest BCUT2D eigenvalue weighted by Gasteiger charge is 2.27. The predicted molar refractivity (Wildman–Crippen MR) is 409 cm³/mol. The molecule has 0 aromatic carbocycles. The van der Waals surface area contributed by atoms with Gasteiger partial charge in [0.15, 0.2) is 6.10 Å². The fourth-order valence-electron chi connectivity index (χ4n) is 13.6. The van der Waals surface area contributed by atoms with Crippen molar-refractivity contribution in [3.8, 4) is 0 Å². The van der Waals surface area contributed by atoms with Crippen LogP contribution in [0.2, 0.25) is 0 Å². The van der Waals surface area contributed by atoms with Crippen LogP contribution in [0.4, 0.5) is 0 Å². The minimum absolute atomic E-state index is 0.0379. The van der Waals surface area contributed by atoms with E-state index in [0.717, 1.165) is 38.5 Å². The lowest BCUT2D eigenvalue weighted by Crippen LogP contribution is -2.37. The van der Waals surface area contributed by atoms with Crippen molar-refractivity contribution < 1.29 is 42.1 Å². The van der Waals surface area contributed by atoms with Crippen LogP contribution < -0.4 is 0 Å². The van der Waals surface area contributed by atoms with Gasteiger partial charge in [-0.2, -0.15) is 0 Å². The van der Waals surface area contributed by atoms with E-state index in [1.165, 1.54) is 411 Å². The van der Waals surface area contributed by atoms with Crippen LogP contribution in [-0.2, 0) is 32.7 Å². The van der Waals surface area contributed by atoms with Gasteiger partial charge in [0.1, 0.15) is 19.8 Å². The van der Waals surface area contributed by atoms with Crippen LogP contribution in [0.3, 0.4) is 0 Å². The van der Waals surface area contributed by atoms with E-state index < -0.39 is 26.5 Å². The summed E-state index contributed by atoms with van der Waals surface area (Å²) in [4.78, 5) is 36.0. The maximum absolute atomic E-state index is 12.9. The summed E-state index contributed by atoms with van der Waals surface area (Å²) in [6.45, 7) is 4.55. The SMILES string of the molecule is CCCCCCCCCCCCCCCCCCCCCCCCCCCCCCCCCCCCCCCCC(=O)OC(COC(=O)CCCCCCCCCCCCCCCCCCCCCCCCCCCCCCCCCC)COP(=O)(O)OCC[N+](C)(C)C. The fourth-order valence-corrected chi connectivity index (χ4v) is 14.4. The Balaban J connectivity index is 3.84. The van der Waals surface area contributed by atoms with Crippen molar-refractivity contribution in [2.45, 2.75) is 482 Å². The Labute approximate surface area is 588 Å². The highest BCUT2D eigenvalue weighted by Crippen LogP contribution is 2.43. The number of esters is 2. The molecule has 9 nitrogen and oxygen atoms in total. The topological polar surface area (TPSA) is 108 Å². The highest BCUT2D eigenvalue weighted by atomic mass is 31.2. The lowest BCUT2D eigenvalue weighted by molar-refractivity contribution is -0.870. The third-order valence-electron chi connectivity index (χ3n) is 20.1. The van der Waals surface area contributed by atoms with Crippen molar-refractivity contribution in [2.75, 3.05) is 47.5 Å². The first kappa shape index (κ1) is 93.0. The average molecular weight is 1350 g/mol. The molecule has 0 bridgehead atoms. The molecule has 0 aliphatic heterocycles. The summed E-state index contributed by atoms with van der Waals surface area (Å²) in [5.41, 5.74) is 0. The number of nitrogens with zero attached hydrogens (tertiary/aromatic N) is 1. The number of likely N-dealkylation sites (N-methyl/N-ethyl adjacent to an activating group) is 1. The number of phosphoric acid groups is 1. The zero-order valence-corrected chi connectivity index (χ0v) is 65.4. The van der Waals surface area contributed by atoms with E-state index in [-0.39, 0.29) is 25.6 Å². The van der Waals surface area contributed by atoms with E-state index in [9.17, 15) is 19.0 Å².